The summed E-state index contributed by atoms with van der Waals surface area (Å²) in [6, 6.07) is 2.74. The molecule has 1 N–H and O–H groups in total. The zero-order valence-corrected chi connectivity index (χ0v) is 18.3. The first-order chi connectivity index (χ1) is 13.9. The van der Waals surface area contributed by atoms with E-state index in [1.54, 1.807) is 0 Å². The fourth-order valence-corrected chi connectivity index (χ4v) is 6.35. The Kier molecular flexibility index (Phi) is 7.98. The highest BCUT2D eigenvalue weighted by Gasteiger charge is 2.33. The monoisotopic (exact) mass is 387 g/mol. The minimum Gasteiger partial charge on any atom is -0.353 e. The number of nitrogens with one attached hydrogen (secondary N) is 1. The largest absolute Gasteiger partial charge is 0.353 e. The van der Waals surface area contributed by atoms with E-state index in [0.717, 1.165) is 12.1 Å². The van der Waals surface area contributed by atoms with E-state index in [-0.39, 0.29) is 0 Å². The van der Waals surface area contributed by atoms with Crippen LogP contribution in [0, 0.1) is 0 Å². The van der Waals surface area contributed by atoms with Gasteiger partial charge in [-0.3, -0.25) is 0 Å². The van der Waals surface area contributed by atoms with Gasteiger partial charge in [0.1, 0.15) is 0 Å². The van der Waals surface area contributed by atoms with Gasteiger partial charge in [0.25, 0.3) is 0 Å². The van der Waals surface area contributed by atoms with Gasteiger partial charge < -0.3 is 10.2 Å². The summed E-state index contributed by atoms with van der Waals surface area (Å²) in [6.45, 7) is 0. The molecule has 0 aromatic rings. The molecule has 4 rings (SSSR count). The van der Waals surface area contributed by atoms with Crippen LogP contribution in [0.15, 0.2) is 4.99 Å². The maximum atomic E-state index is 5.51. The SMILES string of the molecule is C1CCC(N=C(NC2CCCCC2)N(C2CCCCC2)C2CCCCC2)CC1. The van der Waals surface area contributed by atoms with Crippen molar-refractivity contribution in [3.05, 3.63) is 0 Å². The zero-order valence-electron chi connectivity index (χ0n) is 18.3. The van der Waals surface area contributed by atoms with Crippen molar-refractivity contribution in [1.29, 1.82) is 0 Å². The number of hydrogen-bond donors (Lipinski definition) is 1. The minimum absolute atomic E-state index is 0.578. The van der Waals surface area contributed by atoms with E-state index in [1.807, 2.05) is 0 Å². The number of rotatable bonds is 4. The predicted molar refractivity (Wildman–Crippen MR) is 120 cm³/mol. The zero-order chi connectivity index (χ0) is 19.0. The van der Waals surface area contributed by atoms with Crippen LogP contribution in [0.1, 0.15) is 128 Å². The van der Waals surface area contributed by atoms with Crippen LogP contribution in [0.25, 0.3) is 0 Å². The lowest BCUT2D eigenvalue weighted by atomic mass is 9.88. The van der Waals surface area contributed by atoms with Crippen LogP contribution < -0.4 is 5.32 Å². The summed E-state index contributed by atoms with van der Waals surface area (Å²) >= 11 is 0. The average Bonchev–Trinajstić information content (AvgIpc) is 2.77. The smallest absolute Gasteiger partial charge is 0.194 e. The summed E-state index contributed by atoms with van der Waals surface area (Å²) in [6.07, 6.45) is 28.0. The highest BCUT2D eigenvalue weighted by Crippen LogP contribution is 2.31. The molecule has 0 aromatic heterocycles. The van der Waals surface area contributed by atoms with Gasteiger partial charge in [-0.2, -0.15) is 0 Å². The number of aliphatic imine (C=N–C) groups is 1. The number of nitrogens with zero attached hydrogens (tertiary/aromatic N) is 2. The summed E-state index contributed by atoms with van der Waals surface area (Å²) in [5, 5.41) is 4.07. The third kappa shape index (κ3) is 5.66. The van der Waals surface area contributed by atoms with Gasteiger partial charge in [0, 0.05) is 18.1 Å². The van der Waals surface area contributed by atoms with Crippen LogP contribution in [-0.4, -0.2) is 35.0 Å². The molecule has 4 saturated carbocycles. The maximum absolute atomic E-state index is 5.51. The molecule has 0 unspecified atom stereocenters. The standard InChI is InChI=1S/C25H45N3/c1-5-13-21(14-6-1)26-25(27-22-15-7-2-8-16-22)28(23-17-9-3-10-18-23)24-19-11-4-12-20-24/h21-24H,1-20H2,(H,26,27). The van der Waals surface area contributed by atoms with Gasteiger partial charge in [0.15, 0.2) is 5.96 Å². The third-order valence-electron chi connectivity index (χ3n) is 8.00. The van der Waals surface area contributed by atoms with Gasteiger partial charge in [-0.05, 0) is 51.4 Å². The molecule has 160 valence electrons. The van der Waals surface area contributed by atoms with E-state index in [9.17, 15) is 0 Å². The van der Waals surface area contributed by atoms with E-state index in [1.165, 1.54) is 134 Å². The van der Waals surface area contributed by atoms with Crippen LogP contribution in [-0.2, 0) is 0 Å². The van der Waals surface area contributed by atoms with Crippen LogP contribution >= 0.6 is 0 Å². The third-order valence-corrected chi connectivity index (χ3v) is 8.00. The van der Waals surface area contributed by atoms with E-state index >= 15 is 0 Å². The summed E-state index contributed by atoms with van der Waals surface area (Å²) in [4.78, 5) is 8.39. The van der Waals surface area contributed by atoms with Gasteiger partial charge in [-0.1, -0.05) is 77.0 Å². The highest BCUT2D eigenvalue weighted by molar-refractivity contribution is 5.81. The van der Waals surface area contributed by atoms with E-state index < -0.39 is 0 Å². The molecule has 0 spiro atoms. The Morgan fingerprint density at radius 3 is 1.46 bits per heavy atom. The molecule has 28 heavy (non-hydrogen) atoms. The molecule has 0 amide bonds. The molecule has 3 nitrogen and oxygen atoms in total. The Hall–Kier alpha value is -0.730. The average molecular weight is 388 g/mol. The molecule has 3 heteroatoms. The second-order valence-electron chi connectivity index (χ2n) is 10.2. The first-order valence-electron chi connectivity index (χ1n) is 13.0. The molecule has 4 fully saturated rings. The fraction of sp³-hybridized carbons (Fsp3) is 0.960. The first kappa shape index (κ1) is 20.5. The van der Waals surface area contributed by atoms with E-state index in [4.69, 9.17) is 4.99 Å². The normalized spacial score (nSPS) is 27.6. The molecule has 0 bridgehead atoms. The van der Waals surface area contributed by atoms with Crippen molar-refractivity contribution >= 4 is 5.96 Å². The van der Waals surface area contributed by atoms with Crippen molar-refractivity contribution in [2.45, 2.75) is 153 Å². The van der Waals surface area contributed by atoms with Crippen molar-refractivity contribution in [3.8, 4) is 0 Å². The Balaban J connectivity index is 1.56. The fourth-order valence-electron chi connectivity index (χ4n) is 6.35. The Bertz CT molecular complexity index is 446. The molecule has 4 aliphatic carbocycles. The Morgan fingerprint density at radius 2 is 0.964 bits per heavy atom. The molecule has 0 atom stereocenters. The molecule has 0 radical (unpaired) electrons. The molecule has 0 heterocycles. The van der Waals surface area contributed by atoms with Crippen molar-refractivity contribution in [1.82, 2.24) is 10.2 Å². The second kappa shape index (κ2) is 10.9. The first-order valence-corrected chi connectivity index (χ1v) is 13.0. The molecular weight excluding hydrogens is 342 g/mol. The second-order valence-corrected chi connectivity index (χ2v) is 10.2. The van der Waals surface area contributed by atoms with Gasteiger partial charge >= 0.3 is 0 Å². The molecule has 0 aromatic carbocycles. The van der Waals surface area contributed by atoms with Crippen LogP contribution in [0.2, 0.25) is 0 Å². The number of hydrogen-bond acceptors (Lipinski definition) is 1. The Morgan fingerprint density at radius 1 is 0.536 bits per heavy atom. The maximum Gasteiger partial charge on any atom is 0.194 e. The minimum atomic E-state index is 0.578. The molecule has 0 aliphatic heterocycles. The lowest BCUT2D eigenvalue weighted by molar-refractivity contribution is 0.149. The van der Waals surface area contributed by atoms with E-state index in [0.29, 0.717) is 12.1 Å². The summed E-state index contributed by atoms with van der Waals surface area (Å²) in [5.74, 6) is 1.35. The molecular formula is C25H45N3. The van der Waals surface area contributed by atoms with Crippen molar-refractivity contribution in [2.75, 3.05) is 0 Å². The van der Waals surface area contributed by atoms with Crippen LogP contribution in [0.3, 0.4) is 0 Å². The van der Waals surface area contributed by atoms with Gasteiger partial charge in [0.05, 0.1) is 6.04 Å². The molecule has 0 saturated heterocycles. The molecule has 4 aliphatic rings. The van der Waals surface area contributed by atoms with Crippen molar-refractivity contribution < 1.29 is 0 Å². The predicted octanol–water partition coefficient (Wildman–Crippen LogP) is 6.56. The Labute approximate surface area is 174 Å². The van der Waals surface area contributed by atoms with Gasteiger partial charge in [-0.15, -0.1) is 0 Å². The summed E-state index contributed by atoms with van der Waals surface area (Å²) < 4.78 is 0. The lowest BCUT2D eigenvalue weighted by Gasteiger charge is -2.45. The summed E-state index contributed by atoms with van der Waals surface area (Å²) in [7, 11) is 0. The van der Waals surface area contributed by atoms with Gasteiger partial charge in [-0.25, -0.2) is 4.99 Å². The van der Waals surface area contributed by atoms with Crippen LogP contribution in [0.4, 0.5) is 0 Å². The lowest BCUT2D eigenvalue weighted by Crippen LogP contribution is -2.56. The highest BCUT2D eigenvalue weighted by atomic mass is 15.3. The van der Waals surface area contributed by atoms with Crippen molar-refractivity contribution in [3.63, 3.8) is 0 Å². The number of guanidine groups is 1. The van der Waals surface area contributed by atoms with Crippen molar-refractivity contribution in [2.24, 2.45) is 4.99 Å². The van der Waals surface area contributed by atoms with Gasteiger partial charge in [0.2, 0.25) is 0 Å². The summed E-state index contributed by atoms with van der Waals surface area (Å²) in [5.41, 5.74) is 0. The quantitative estimate of drug-likeness (QED) is 0.436. The van der Waals surface area contributed by atoms with E-state index in [2.05, 4.69) is 10.2 Å². The van der Waals surface area contributed by atoms with Crippen LogP contribution in [0.5, 0.6) is 0 Å². The topological polar surface area (TPSA) is 27.6 Å².